The van der Waals surface area contributed by atoms with E-state index in [0.29, 0.717) is 10.8 Å². The lowest BCUT2D eigenvalue weighted by Gasteiger charge is -2.15. The Bertz CT molecular complexity index is 697. The lowest BCUT2D eigenvalue weighted by atomic mass is 10.3. The fourth-order valence-electron chi connectivity index (χ4n) is 1.90. The molecule has 0 saturated carbocycles. The summed E-state index contributed by atoms with van der Waals surface area (Å²) in [6.07, 6.45) is -2.07. The zero-order valence-electron chi connectivity index (χ0n) is 13.3. The van der Waals surface area contributed by atoms with E-state index in [-0.39, 0.29) is 11.9 Å². The van der Waals surface area contributed by atoms with Crippen molar-refractivity contribution >= 4 is 23.5 Å². The van der Waals surface area contributed by atoms with Crippen molar-refractivity contribution in [3.8, 4) is 0 Å². The van der Waals surface area contributed by atoms with Gasteiger partial charge in [-0.15, -0.1) is 0 Å². The number of alkyl halides is 3. The number of rotatable bonds is 5. The summed E-state index contributed by atoms with van der Waals surface area (Å²) in [4.78, 5) is 16.0. The van der Waals surface area contributed by atoms with Crippen molar-refractivity contribution in [3.63, 3.8) is 0 Å². The monoisotopic (exact) mass is 358 g/mol. The van der Waals surface area contributed by atoms with E-state index < -0.39 is 17.0 Å². The van der Waals surface area contributed by atoms with Crippen LogP contribution in [0.2, 0.25) is 0 Å². The van der Waals surface area contributed by atoms with Crippen LogP contribution in [0.15, 0.2) is 35.6 Å². The summed E-state index contributed by atoms with van der Waals surface area (Å²) in [5.74, 6) is 0.298. The number of halogens is 3. The molecule has 0 bridgehead atoms. The van der Waals surface area contributed by atoms with Crippen molar-refractivity contribution in [3.05, 3.63) is 36.2 Å². The number of thioether (sulfide) groups is 1. The van der Waals surface area contributed by atoms with Crippen LogP contribution in [0.25, 0.3) is 0 Å². The molecule has 130 valence electrons. The Kier molecular flexibility index (Phi) is 5.53. The van der Waals surface area contributed by atoms with Crippen LogP contribution in [-0.2, 0) is 11.0 Å². The molecule has 0 radical (unpaired) electrons. The number of hydrogen-bond acceptors (Lipinski definition) is 4. The molecule has 0 spiro atoms. The van der Waals surface area contributed by atoms with Gasteiger partial charge in [-0.1, -0.05) is 11.8 Å². The van der Waals surface area contributed by atoms with Gasteiger partial charge < -0.3 is 5.32 Å². The van der Waals surface area contributed by atoms with Gasteiger partial charge in [-0.05, 0) is 32.9 Å². The van der Waals surface area contributed by atoms with Crippen molar-refractivity contribution in [2.75, 3.05) is 5.32 Å². The van der Waals surface area contributed by atoms with Gasteiger partial charge in [0, 0.05) is 18.3 Å². The molecule has 9 heteroatoms. The molecule has 1 N–H and O–H groups in total. The molecule has 0 aliphatic heterocycles. The maximum Gasteiger partial charge on any atom is 0.417 e. The van der Waals surface area contributed by atoms with Crippen molar-refractivity contribution in [2.45, 2.75) is 43.3 Å². The molecule has 0 aliphatic carbocycles. The third-order valence-corrected chi connectivity index (χ3v) is 4.19. The van der Waals surface area contributed by atoms with E-state index in [1.165, 1.54) is 6.07 Å². The minimum atomic E-state index is -4.42. The van der Waals surface area contributed by atoms with E-state index in [1.54, 1.807) is 23.9 Å². The molecule has 1 unspecified atom stereocenters. The molecule has 1 atom stereocenters. The smallest absolute Gasteiger partial charge is 0.310 e. The van der Waals surface area contributed by atoms with Gasteiger partial charge in [0.25, 0.3) is 0 Å². The second-order valence-electron chi connectivity index (χ2n) is 5.39. The molecule has 0 aromatic carbocycles. The molecular formula is C15H17F3N4OS. The normalized spacial score (nSPS) is 13.1. The van der Waals surface area contributed by atoms with Gasteiger partial charge in [-0.25, -0.2) is 9.67 Å². The third kappa shape index (κ3) is 4.50. The van der Waals surface area contributed by atoms with Crippen molar-refractivity contribution in [1.29, 1.82) is 0 Å². The van der Waals surface area contributed by atoms with Gasteiger partial charge in [0.2, 0.25) is 5.91 Å². The van der Waals surface area contributed by atoms with Gasteiger partial charge >= 0.3 is 6.18 Å². The van der Waals surface area contributed by atoms with E-state index in [1.807, 2.05) is 13.8 Å². The Labute approximate surface area is 141 Å². The Morgan fingerprint density at radius 1 is 1.25 bits per heavy atom. The van der Waals surface area contributed by atoms with Crippen molar-refractivity contribution in [1.82, 2.24) is 14.8 Å². The fourth-order valence-corrected chi connectivity index (χ4v) is 2.69. The van der Waals surface area contributed by atoms with Crippen LogP contribution in [0.4, 0.5) is 19.0 Å². The van der Waals surface area contributed by atoms with Crippen molar-refractivity contribution in [2.24, 2.45) is 0 Å². The van der Waals surface area contributed by atoms with E-state index >= 15 is 0 Å². The molecular weight excluding hydrogens is 341 g/mol. The third-order valence-electron chi connectivity index (χ3n) is 3.14. The first-order valence-corrected chi connectivity index (χ1v) is 8.10. The predicted octanol–water partition coefficient (Wildman–Crippen LogP) is 4.00. The molecule has 2 aromatic rings. The first kappa shape index (κ1) is 18.3. The second-order valence-corrected chi connectivity index (χ2v) is 6.75. The summed E-state index contributed by atoms with van der Waals surface area (Å²) in [5.41, 5.74) is -0.815. The summed E-state index contributed by atoms with van der Waals surface area (Å²) in [7, 11) is 0. The molecule has 0 saturated heterocycles. The van der Waals surface area contributed by atoms with Gasteiger partial charge in [0.1, 0.15) is 5.82 Å². The molecule has 2 rings (SSSR count). The zero-order chi connectivity index (χ0) is 17.9. The van der Waals surface area contributed by atoms with Gasteiger partial charge in [0.15, 0.2) is 0 Å². The number of nitrogens with one attached hydrogen (secondary N) is 1. The van der Waals surface area contributed by atoms with Crippen LogP contribution in [0.5, 0.6) is 0 Å². The lowest BCUT2D eigenvalue weighted by molar-refractivity contribution is -0.137. The second kappa shape index (κ2) is 7.25. The molecule has 2 aromatic heterocycles. The number of anilines is 1. The van der Waals surface area contributed by atoms with Crippen molar-refractivity contribution < 1.29 is 18.0 Å². The summed E-state index contributed by atoms with van der Waals surface area (Å²) < 4.78 is 39.2. The molecule has 0 fully saturated rings. The van der Waals surface area contributed by atoms with E-state index in [9.17, 15) is 18.0 Å². The van der Waals surface area contributed by atoms with Crippen LogP contribution in [0.1, 0.15) is 32.4 Å². The molecule has 1 amide bonds. The maximum atomic E-state index is 12.5. The zero-order valence-corrected chi connectivity index (χ0v) is 14.1. The van der Waals surface area contributed by atoms with Crippen LogP contribution in [-0.4, -0.2) is 25.9 Å². The van der Waals surface area contributed by atoms with Crippen LogP contribution < -0.4 is 5.32 Å². The molecule has 0 aliphatic rings. The highest BCUT2D eigenvalue weighted by atomic mass is 32.2. The fraction of sp³-hybridized carbons (Fsp3) is 0.400. The number of nitrogens with zero attached hydrogens (tertiary/aromatic N) is 3. The Morgan fingerprint density at radius 3 is 2.50 bits per heavy atom. The number of carbonyl (C=O) groups excluding carboxylic acids is 1. The maximum absolute atomic E-state index is 12.5. The van der Waals surface area contributed by atoms with Gasteiger partial charge in [-0.2, -0.15) is 18.3 Å². The number of pyridine rings is 1. The summed E-state index contributed by atoms with van der Waals surface area (Å²) >= 11 is 1.09. The SMILES string of the molecule is CC(Sc1ccc(C(F)(F)F)cn1)C(=O)Nc1ccnn1C(C)C. The summed E-state index contributed by atoms with van der Waals surface area (Å²) in [6, 6.07) is 3.99. The van der Waals surface area contributed by atoms with Gasteiger partial charge in [-0.3, -0.25) is 4.79 Å². The average Bonchev–Trinajstić information content (AvgIpc) is 2.95. The first-order chi connectivity index (χ1) is 11.2. The minimum Gasteiger partial charge on any atom is -0.310 e. The van der Waals surface area contributed by atoms with E-state index in [0.717, 1.165) is 24.0 Å². The first-order valence-electron chi connectivity index (χ1n) is 7.22. The highest BCUT2D eigenvalue weighted by molar-refractivity contribution is 8.00. The standard InChI is InChI=1S/C15H17F3N4OS/c1-9(2)22-12(6-7-20-22)21-14(23)10(3)24-13-5-4-11(8-19-13)15(16,17)18/h4-10H,1-3H3,(H,21,23). The van der Waals surface area contributed by atoms with Gasteiger partial charge in [0.05, 0.1) is 22.0 Å². The van der Waals surface area contributed by atoms with E-state index in [4.69, 9.17) is 0 Å². The van der Waals surface area contributed by atoms with Crippen LogP contribution >= 0.6 is 11.8 Å². The highest BCUT2D eigenvalue weighted by Crippen LogP contribution is 2.30. The molecule has 2 heterocycles. The number of amides is 1. The largest absolute Gasteiger partial charge is 0.417 e. The average molecular weight is 358 g/mol. The Morgan fingerprint density at radius 2 is 1.96 bits per heavy atom. The Hall–Kier alpha value is -2.03. The highest BCUT2D eigenvalue weighted by Gasteiger charge is 2.30. The summed E-state index contributed by atoms with van der Waals surface area (Å²) in [6.45, 7) is 5.54. The van der Waals surface area contributed by atoms with Crippen LogP contribution in [0.3, 0.4) is 0 Å². The molecule has 5 nitrogen and oxygen atoms in total. The summed E-state index contributed by atoms with van der Waals surface area (Å²) in [5, 5.41) is 6.71. The quantitative estimate of drug-likeness (QED) is 0.821. The number of carbonyl (C=O) groups is 1. The number of aromatic nitrogens is 3. The topological polar surface area (TPSA) is 59.8 Å². The predicted molar refractivity (Wildman–Crippen MR) is 85.8 cm³/mol. The minimum absolute atomic E-state index is 0.0924. The van der Waals surface area contributed by atoms with Crippen LogP contribution in [0, 0.1) is 0 Å². The lowest BCUT2D eigenvalue weighted by Crippen LogP contribution is -2.24. The number of hydrogen-bond donors (Lipinski definition) is 1. The molecule has 24 heavy (non-hydrogen) atoms. The Balaban J connectivity index is 2.00. The van der Waals surface area contributed by atoms with E-state index in [2.05, 4.69) is 15.4 Å².